The fourth-order valence-electron chi connectivity index (χ4n) is 3.12. The van der Waals surface area contributed by atoms with Crippen LogP contribution < -0.4 is 5.32 Å². The number of aromatic nitrogens is 2. The van der Waals surface area contributed by atoms with Crippen molar-refractivity contribution in [2.24, 2.45) is 5.92 Å². The predicted molar refractivity (Wildman–Crippen MR) is 104 cm³/mol. The van der Waals surface area contributed by atoms with Crippen molar-refractivity contribution in [3.8, 4) is 11.3 Å². The number of nitrogens with zero attached hydrogens (tertiary/aromatic N) is 3. The Morgan fingerprint density at radius 1 is 1.23 bits per heavy atom. The quantitative estimate of drug-likeness (QED) is 0.836. The van der Waals surface area contributed by atoms with E-state index >= 15 is 0 Å². The summed E-state index contributed by atoms with van der Waals surface area (Å²) in [6, 6.07) is 5.96. The van der Waals surface area contributed by atoms with Gasteiger partial charge in [0.2, 0.25) is 0 Å². The molecule has 1 saturated carbocycles. The van der Waals surface area contributed by atoms with Crippen LogP contribution >= 0.6 is 24.8 Å². The molecule has 8 heteroatoms. The van der Waals surface area contributed by atoms with Gasteiger partial charge < -0.3 is 14.7 Å². The monoisotopic (exact) mass is 398 g/mol. The predicted octanol–water partition coefficient (Wildman–Crippen LogP) is 3.18. The molecule has 2 fully saturated rings. The van der Waals surface area contributed by atoms with Gasteiger partial charge in [0.15, 0.2) is 11.5 Å². The summed E-state index contributed by atoms with van der Waals surface area (Å²) in [5.41, 5.74) is 1.20. The number of carbonyl (C=O) groups is 1. The highest BCUT2D eigenvalue weighted by molar-refractivity contribution is 5.93. The van der Waals surface area contributed by atoms with E-state index in [0.29, 0.717) is 17.5 Å². The van der Waals surface area contributed by atoms with Crippen molar-refractivity contribution in [3.63, 3.8) is 0 Å². The van der Waals surface area contributed by atoms with Crippen LogP contribution in [0.3, 0.4) is 0 Å². The van der Waals surface area contributed by atoms with Crippen LogP contribution in [-0.2, 0) is 0 Å². The third kappa shape index (κ3) is 4.96. The van der Waals surface area contributed by atoms with E-state index < -0.39 is 0 Å². The normalized spacial score (nSPS) is 17.3. The molecule has 0 radical (unpaired) electrons. The van der Waals surface area contributed by atoms with E-state index in [1.807, 2.05) is 17.0 Å². The van der Waals surface area contributed by atoms with Crippen LogP contribution in [0, 0.1) is 5.92 Å². The molecule has 2 aliphatic rings. The number of hydrogen-bond acceptors (Lipinski definition) is 5. The number of piperidine rings is 1. The maximum atomic E-state index is 12.6. The molecule has 0 spiro atoms. The van der Waals surface area contributed by atoms with E-state index in [2.05, 4.69) is 15.5 Å². The van der Waals surface area contributed by atoms with Gasteiger partial charge in [-0.2, -0.15) is 0 Å². The van der Waals surface area contributed by atoms with Gasteiger partial charge in [-0.25, -0.2) is 0 Å². The first-order valence-electron chi connectivity index (χ1n) is 8.69. The third-order valence-corrected chi connectivity index (χ3v) is 4.85. The van der Waals surface area contributed by atoms with Crippen LogP contribution in [0.25, 0.3) is 11.3 Å². The van der Waals surface area contributed by atoms with Gasteiger partial charge in [0, 0.05) is 43.2 Å². The zero-order valence-electron chi connectivity index (χ0n) is 14.5. The molecule has 0 aromatic carbocycles. The number of rotatable bonds is 5. The summed E-state index contributed by atoms with van der Waals surface area (Å²) in [6.45, 7) is 2.68. The van der Waals surface area contributed by atoms with Crippen molar-refractivity contribution >= 4 is 30.7 Å². The summed E-state index contributed by atoms with van der Waals surface area (Å²) in [6.07, 6.45) is 8.15. The van der Waals surface area contributed by atoms with Gasteiger partial charge in [-0.1, -0.05) is 5.16 Å². The van der Waals surface area contributed by atoms with E-state index in [-0.39, 0.29) is 30.7 Å². The summed E-state index contributed by atoms with van der Waals surface area (Å²) < 4.78 is 5.31. The minimum Gasteiger partial charge on any atom is -0.355 e. The minimum atomic E-state index is -0.0467. The fraction of sp³-hybridized carbons (Fsp3) is 0.500. The maximum Gasteiger partial charge on any atom is 0.276 e. The van der Waals surface area contributed by atoms with Crippen molar-refractivity contribution in [1.29, 1.82) is 0 Å². The molecule has 1 aliphatic carbocycles. The van der Waals surface area contributed by atoms with Crippen molar-refractivity contribution < 1.29 is 9.32 Å². The Bertz CT molecular complexity index is 698. The largest absolute Gasteiger partial charge is 0.355 e. The van der Waals surface area contributed by atoms with E-state index in [1.165, 1.54) is 12.8 Å². The number of nitrogens with one attached hydrogen (secondary N) is 1. The van der Waals surface area contributed by atoms with Gasteiger partial charge in [-0.15, -0.1) is 24.8 Å². The highest BCUT2D eigenvalue weighted by Gasteiger charge is 2.27. The fourth-order valence-corrected chi connectivity index (χ4v) is 3.12. The molecule has 1 aliphatic heterocycles. The van der Waals surface area contributed by atoms with Gasteiger partial charge in [-0.05, 0) is 50.3 Å². The molecule has 1 amide bonds. The summed E-state index contributed by atoms with van der Waals surface area (Å²) in [5, 5.41) is 7.57. The van der Waals surface area contributed by atoms with Crippen molar-refractivity contribution in [3.05, 3.63) is 36.3 Å². The lowest BCUT2D eigenvalue weighted by Crippen LogP contribution is -2.45. The second kappa shape index (κ2) is 9.35. The van der Waals surface area contributed by atoms with Gasteiger partial charge in [0.1, 0.15) is 0 Å². The zero-order chi connectivity index (χ0) is 16.4. The Balaban J connectivity index is 0.00000121. The standard InChI is InChI=1S/C18H22N4O2.2ClH/c23-18(16-10-17(24-21-16)14-2-1-7-19-12-14)22-8-5-15(6-9-22)20-11-13-3-4-13;;/h1-2,7,10,12-13,15,20H,3-6,8-9,11H2;2*1H. The topological polar surface area (TPSA) is 71.3 Å². The number of carbonyl (C=O) groups excluding carboxylic acids is 1. The molecular weight excluding hydrogens is 375 g/mol. The van der Waals surface area contributed by atoms with Crippen LogP contribution in [0.4, 0.5) is 0 Å². The van der Waals surface area contributed by atoms with Crippen LogP contribution in [0.5, 0.6) is 0 Å². The van der Waals surface area contributed by atoms with E-state index in [9.17, 15) is 4.79 Å². The smallest absolute Gasteiger partial charge is 0.276 e. The van der Waals surface area contributed by atoms with Crippen LogP contribution in [0.1, 0.15) is 36.2 Å². The molecular formula is C18H24Cl2N4O2. The summed E-state index contributed by atoms with van der Waals surface area (Å²) in [7, 11) is 0. The van der Waals surface area contributed by atoms with Gasteiger partial charge in [-0.3, -0.25) is 9.78 Å². The molecule has 2 aromatic rings. The SMILES string of the molecule is Cl.Cl.O=C(c1cc(-c2cccnc2)on1)N1CCC(NCC2CC2)CC1. The highest BCUT2D eigenvalue weighted by Crippen LogP contribution is 2.28. The van der Waals surface area contributed by atoms with Crippen LogP contribution in [0.2, 0.25) is 0 Å². The molecule has 0 atom stereocenters. The number of hydrogen-bond donors (Lipinski definition) is 1. The highest BCUT2D eigenvalue weighted by atomic mass is 35.5. The lowest BCUT2D eigenvalue weighted by molar-refractivity contribution is 0.0694. The second-order valence-electron chi connectivity index (χ2n) is 6.74. The molecule has 1 saturated heterocycles. The number of halogens is 2. The molecule has 142 valence electrons. The van der Waals surface area contributed by atoms with Crippen molar-refractivity contribution in [1.82, 2.24) is 20.4 Å². The molecule has 3 heterocycles. The Morgan fingerprint density at radius 2 is 2.00 bits per heavy atom. The average Bonchev–Trinajstić information content (AvgIpc) is 3.34. The van der Waals surface area contributed by atoms with E-state index in [0.717, 1.165) is 44.0 Å². The first kappa shape index (κ1) is 20.7. The molecule has 0 bridgehead atoms. The van der Waals surface area contributed by atoms with Crippen molar-refractivity contribution in [2.45, 2.75) is 31.7 Å². The Hall–Kier alpha value is -1.63. The zero-order valence-corrected chi connectivity index (χ0v) is 16.1. The van der Waals surface area contributed by atoms with Gasteiger partial charge >= 0.3 is 0 Å². The van der Waals surface area contributed by atoms with Crippen LogP contribution in [-0.4, -0.2) is 46.6 Å². The molecule has 26 heavy (non-hydrogen) atoms. The average molecular weight is 399 g/mol. The second-order valence-corrected chi connectivity index (χ2v) is 6.74. The maximum absolute atomic E-state index is 12.6. The summed E-state index contributed by atoms with van der Waals surface area (Å²) in [5.74, 6) is 1.42. The van der Waals surface area contributed by atoms with Gasteiger partial charge in [0.25, 0.3) is 5.91 Å². The van der Waals surface area contributed by atoms with Crippen molar-refractivity contribution in [2.75, 3.05) is 19.6 Å². The molecule has 4 rings (SSSR count). The molecule has 1 N–H and O–H groups in total. The van der Waals surface area contributed by atoms with E-state index in [1.54, 1.807) is 18.5 Å². The van der Waals surface area contributed by atoms with Gasteiger partial charge in [0.05, 0.1) is 0 Å². The first-order chi connectivity index (χ1) is 11.8. The number of amides is 1. The lowest BCUT2D eigenvalue weighted by Gasteiger charge is -2.32. The Labute approximate surface area is 165 Å². The summed E-state index contributed by atoms with van der Waals surface area (Å²) >= 11 is 0. The Morgan fingerprint density at radius 3 is 2.65 bits per heavy atom. The Kier molecular flexibility index (Phi) is 7.43. The molecule has 6 nitrogen and oxygen atoms in total. The number of likely N-dealkylation sites (tertiary alicyclic amines) is 1. The summed E-state index contributed by atoms with van der Waals surface area (Å²) in [4.78, 5) is 18.5. The number of pyridine rings is 1. The third-order valence-electron chi connectivity index (χ3n) is 4.85. The van der Waals surface area contributed by atoms with E-state index in [4.69, 9.17) is 4.52 Å². The minimum absolute atomic E-state index is 0. The first-order valence-corrected chi connectivity index (χ1v) is 8.69. The lowest BCUT2D eigenvalue weighted by atomic mass is 10.0. The molecule has 0 unspecified atom stereocenters. The van der Waals surface area contributed by atoms with Crippen LogP contribution in [0.15, 0.2) is 35.1 Å². The molecule has 2 aromatic heterocycles.